The average Bonchev–Trinajstić information content (AvgIpc) is 1.86. The zero-order valence-corrected chi connectivity index (χ0v) is 7.26. The van der Waals surface area contributed by atoms with Gasteiger partial charge < -0.3 is 4.90 Å². The van der Waals surface area contributed by atoms with Crippen molar-refractivity contribution >= 4 is 5.78 Å². The van der Waals surface area contributed by atoms with E-state index in [1.54, 1.807) is 0 Å². The molecule has 0 saturated carbocycles. The largest absolute Gasteiger partial charge is 0.302 e. The van der Waals surface area contributed by atoms with Crippen molar-refractivity contribution < 1.29 is 4.79 Å². The number of terminal acetylenes is 1. The van der Waals surface area contributed by atoms with Crippen LogP contribution in [0.4, 0.5) is 0 Å². The molecule has 0 aromatic carbocycles. The van der Waals surface area contributed by atoms with Gasteiger partial charge in [-0.05, 0) is 20.5 Å². The number of rotatable bonds is 5. The van der Waals surface area contributed by atoms with Crippen molar-refractivity contribution in [2.75, 3.05) is 20.6 Å². The van der Waals surface area contributed by atoms with Crippen LogP contribution in [-0.2, 0) is 4.79 Å². The number of hydrogen-bond acceptors (Lipinski definition) is 2. The van der Waals surface area contributed by atoms with Gasteiger partial charge in [0.2, 0.25) is 0 Å². The summed E-state index contributed by atoms with van der Waals surface area (Å²) in [6.07, 6.45) is 7.19. The van der Waals surface area contributed by atoms with Crippen molar-refractivity contribution in [2.45, 2.75) is 19.3 Å². The normalized spacial score (nSPS) is 9.64. The molecule has 0 aromatic heterocycles. The molecule has 0 atom stereocenters. The van der Waals surface area contributed by atoms with E-state index in [2.05, 4.69) is 5.92 Å². The third kappa shape index (κ3) is 7.08. The van der Waals surface area contributed by atoms with Crippen LogP contribution in [0.3, 0.4) is 0 Å². The second kappa shape index (κ2) is 5.94. The summed E-state index contributed by atoms with van der Waals surface area (Å²) < 4.78 is 0. The second-order valence-electron chi connectivity index (χ2n) is 2.83. The van der Waals surface area contributed by atoms with Gasteiger partial charge in [0.05, 0.1) is 6.54 Å². The molecule has 0 N–H and O–H groups in total. The molecule has 0 bridgehead atoms. The topological polar surface area (TPSA) is 20.3 Å². The molecule has 0 unspecified atom stereocenters. The Kier molecular flexibility index (Phi) is 5.50. The fraction of sp³-hybridized carbons (Fsp3) is 0.667. The Morgan fingerprint density at radius 2 is 2.18 bits per heavy atom. The first kappa shape index (κ1) is 10.2. The lowest BCUT2D eigenvalue weighted by atomic mass is 10.2. The average molecular weight is 153 g/mol. The molecule has 2 nitrogen and oxygen atoms in total. The maximum atomic E-state index is 11.0. The predicted octanol–water partition coefficient (Wildman–Crippen LogP) is 0.921. The maximum Gasteiger partial charge on any atom is 0.146 e. The minimum Gasteiger partial charge on any atom is -0.302 e. The third-order valence-electron chi connectivity index (χ3n) is 1.27. The number of Topliss-reactive ketones (excluding diaryl/α,β-unsaturated/α-hetero) is 1. The highest BCUT2D eigenvalue weighted by Crippen LogP contribution is 1.95. The molecule has 0 heterocycles. The first-order valence-electron chi connectivity index (χ1n) is 3.76. The summed E-state index contributed by atoms with van der Waals surface area (Å²) in [5.41, 5.74) is 0. The number of nitrogens with zero attached hydrogens (tertiary/aromatic N) is 1. The summed E-state index contributed by atoms with van der Waals surface area (Å²) in [6.45, 7) is 0.532. The molecule has 62 valence electrons. The molecule has 11 heavy (non-hydrogen) atoms. The van der Waals surface area contributed by atoms with Crippen LogP contribution >= 0.6 is 0 Å². The van der Waals surface area contributed by atoms with Crippen LogP contribution in [0.2, 0.25) is 0 Å². The Morgan fingerprint density at radius 1 is 1.55 bits per heavy atom. The monoisotopic (exact) mass is 153 g/mol. The summed E-state index contributed by atoms with van der Waals surface area (Å²) in [5, 5.41) is 0. The molecule has 0 rings (SSSR count). The third-order valence-corrected chi connectivity index (χ3v) is 1.27. The lowest BCUT2D eigenvalue weighted by Crippen LogP contribution is -2.21. The van der Waals surface area contributed by atoms with Gasteiger partial charge in [0.25, 0.3) is 0 Å². The van der Waals surface area contributed by atoms with E-state index in [4.69, 9.17) is 6.42 Å². The summed E-state index contributed by atoms with van der Waals surface area (Å²) in [6, 6.07) is 0. The lowest BCUT2D eigenvalue weighted by Gasteiger charge is -2.06. The van der Waals surface area contributed by atoms with Crippen molar-refractivity contribution in [3.05, 3.63) is 0 Å². The fourth-order valence-electron chi connectivity index (χ4n) is 0.819. The minimum absolute atomic E-state index is 0.269. The molecule has 0 aliphatic rings. The van der Waals surface area contributed by atoms with E-state index in [0.29, 0.717) is 19.4 Å². The van der Waals surface area contributed by atoms with Gasteiger partial charge in [0.1, 0.15) is 5.78 Å². The molecule has 2 heteroatoms. The molecule has 0 radical (unpaired) electrons. The summed E-state index contributed by atoms with van der Waals surface area (Å²) in [5.74, 6) is 2.78. The van der Waals surface area contributed by atoms with Gasteiger partial charge >= 0.3 is 0 Å². The van der Waals surface area contributed by atoms with E-state index in [-0.39, 0.29) is 5.78 Å². The van der Waals surface area contributed by atoms with Crippen molar-refractivity contribution in [3.8, 4) is 12.3 Å². The predicted molar refractivity (Wildman–Crippen MR) is 46.2 cm³/mol. The zero-order valence-electron chi connectivity index (χ0n) is 7.26. The van der Waals surface area contributed by atoms with Crippen LogP contribution in [0.5, 0.6) is 0 Å². The zero-order chi connectivity index (χ0) is 8.69. The molecule has 0 amide bonds. The Bertz CT molecular complexity index is 155. The summed E-state index contributed by atoms with van der Waals surface area (Å²) in [4.78, 5) is 12.9. The van der Waals surface area contributed by atoms with Crippen LogP contribution in [0.15, 0.2) is 0 Å². The van der Waals surface area contributed by atoms with Gasteiger partial charge in [0, 0.05) is 12.8 Å². The number of carbonyl (C=O) groups excluding carboxylic acids is 1. The van der Waals surface area contributed by atoms with E-state index in [9.17, 15) is 4.79 Å². The van der Waals surface area contributed by atoms with Crippen LogP contribution in [0.1, 0.15) is 19.3 Å². The van der Waals surface area contributed by atoms with Crippen molar-refractivity contribution in [1.82, 2.24) is 4.90 Å². The van der Waals surface area contributed by atoms with Gasteiger partial charge in [-0.25, -0.2) is 0 Å². The van der Waals surface area contributed by atoms with E-state index in [0.717, 1.165) is 6.42 Å². The van der Waals surface area contributed by atoms with E-state index >= 15 is 0 Å². The Hall–Kier alpha value is -0.810. The highest BCUT2D eigenvalue weighted by atomic mass is 16.1. The maximum absolute atomic E-state index is 11.0. The quantitative estimate of drug-likeness (QED) is 0.432. The molecule has 0 aromatic rings. The molecule has 0 aliphatic heterocycles. The summed E-state index contributed by atoms with van der Waals surface area (Å²) >= 11 is 0. The minimum atomic E-state index is 0.269. The molecule has 0 aliphatic carbocycles. The second-order valence-corrected chi connectivity index (χ2v) is 2.83. The number of likely N-dealkylation sites (N-methyl/N-ethyl adjacent to an activating group) is 1. The van der Waals surface area contributed by atoms with Gasteiger partial charge in [-0.1, -0.05) is 0 Å². The van der Waals surface area contributed by atoms with Gasteiger partial charge in [0.15, 0.2) is 0 Å². The van der Waals surface area contributed by atoms with Crippen LogP contribution in [0.25, 0.3) is 0 Å². The number of carbonyl (C=O) groups is 1. The molecule has 0 spiro atoms. The molecule has 0 saturated heterocycles. The Labute approximate surface area is 68.6 Å². The lowest BCUT2D eigenvalue weighted by molar-refractivity contribution is -0.119. The van der Waals surface area contributed by atoms with E-state index in [1.165, 1.54) is 0 Å². The van der Waals surface area contributed by atoms with Gasteiger partial charge in [-0.15, -0.1) is 12.3 Å². The number of ketones is 1. The SMILES string of the molecule is C#CCCCC(=O)CN(C)C. The molecular weight excluding hydrogens is 138 g/mol. The highest BCUT2D eigenvalue weighted by Gasteiger charge is 2.01. The first-order chi connectivity index (χ1) is 5.16. The van der Waals surface area contributed by atoms with Gasteiger partial charge in [-0.3, -0.25) is 4.79 Å². The van der Waals surface area contributed by atoms with Crippen LogP contribution in [0, 0.1) is 12.3 Å². The van der Waals surface area contributed by atoms with Crippen molar-refractivity contribution in [2.24, 2.45) is 0 Å². The van der Waals surface area contributed by atoms with E-state index in [1.807, 2.05) is 19.0 Å². The number of hydrogen-bond donors (Lipinski definition) is 0. The van der Waals surface area contributed by atoms with E-state index < -0.39 is 0 Å². The fourth-order valence-corrected chi connectivity index (χ4v) is 0.819. The van der Waals surface area contributed by atoms with Gasteiger partial charge in [-0.2, -0.15) is 0 Å². The smallest absolute Gasteiger partial charge is 0.146 e. The van der Waals surface area contributed by atoms with Crippen molar-refractivity contribution in [3.63, 3.8) is 0 Å². The molecule has 0 fully saturated rings. The van der Waals surface area contributed by atoms with Crippen molar-refractivity contribution in [1.29, 1.82) is 0 Å². The Morgan fingerprint density at radius 3 is 2.64 bits per heavy atom. The van der Waals surface area contributed by atoms with Crippen LogP contribution in [-0.4, -0.2) is 31.3 Å². The Balaban J connectivity index is 3.32. The first-order valence-corrected chi connectivity index (χ1v) is 3.76. The summed E-state index contributed by atoms with van der Waals surface area (Å²) in [7, 11) is 3.78. The van der Waals surface area contributed by atoms with Crippen LogP contribution < -0.4 is 0 Å². The highest BCUT2D eigenvalue weighted by molar-refractivity contribution is 5.80. The number of unbranched alkanes of at least 4 members (excludes halogenated alkanes) is 1. The molecular formula is C9H15NO. The standard InChI is InChI=1S/C9H15NO/c1-4-5-6-7-9(11)8-10(2)3/h1H,5-8H2,2-3H3.